The molecule has 2 aromatic carbocycles. The fourth-order valence-electron chi connectivity index (χ4n) is 3.63. The number of hydrogen-bond donors (Lipinski definition) is 1. The molecule has 1 fully saturated rings. The van der Waals surface area contributed by atoms with Crippen LogP contribution in [0.4, 0.5) is 5.69 Å². The summed E-state index contributed by atoms with van der Waals surface area (Å²) >= 11 is 7.49. The van der Waals surface area contributed by atoms with Gasteiger partial charge in [-0.25, -0.2) is 4.98 Å². The van der Waals surface area contributed by atoms with Crippen molar-refractivity contribution >= 4 is 34.5 Å². The van der Waals surface area contributed by atoms with Gasteiger partial charge in [0.15, 0.2) is 0 Å². The number of rotatable bonds is 6. The van der Waals surface area contributed by atoms with Crippen LogP contribution in [0, 0.1) is 6.92 Å². The number of anilines is 1. The van der Waals surface area contributed by atoms with Crippen LogP contribution < -0.4 is 10.2 Å². The van der Waals surface area contributed by atoms with Gasteiger partial charge in [-0.05, 0) is 31.2 Å². The van der Waals surface area contributed by atoms with Gasteiger partial charge in [-0.3, -0.25) is 9.69 Å². The molecule has 7 heteroatoms. The zero-order chi connectivity index (χ0) is 20.9. The van der Waals surface area contributed by atoms with Crippen LogP contribution in [0.15, 0.2) is 54.6 Å². The Labute approximate surface area is 186 Å². The summed E-state index contributed by atoms with van der Waals surface area (Å²) in [7, 11) is 0. The fourth-order valence-corrected chi connectivity index (χ4v) is 4.80. The molecule has 3 aromatic rings. The molecule has 0 radical (unpaired) electrons. The molecule has 5 nitrogen and oxygen atoms in total. The van der Waals surface area contributed by atoms with Gasteiger partial charge in [0.05, 0.1) is 5.69 Å². The highest BCUT2D eigenvalue weighted by molar-refractivity contribution is 7.17. The summed E-state index contributed by atoms with van der Waals surface area (Å²) in [6, 6.07) is 18.1. The van der Waals surface area contributed by atoms with Crippen LogP contribution in [-0.4, -0.2) is 55.1 Å². The highest BCUT2D eigenvalue weighted by Crippen LogP contribution is 2.29. The zero-order valence-electron chi connectivity index (χ0n) is 17.0. The minimum absolute atomic E-state index is 0.0544. The smallest absolute Gasteiger partial charge is 0.263 e. The van der Waals surface area contributed by atoms with Gasteiger partial charge in [0.25, 0.3) is 5.91 Å². The van der Waals surface area contributed by atoms with E-state index in [0.29, 0.717) is 16.4 Å². The van der Waals surface area contributed by atoms with E-state index < -0.39 is 0 Å². The molecule has 1 aromatic heterocycles. The van der Waals surface area contributed by atoms with E-state index in [1.807, 2.05) is 37.3 Å². The number of aryl methyl sites for hydroxylation is 1. The van der Waals surface area contributed by atoms with Crippen molar-refractivity contribution in [2.24, 2.45) is 0 Å². The van der Waals surface area contributed by atoms with E-state index in [-0.39, 0.29) is 5.91 Å². The van der Waals surface area contributed by atoms with E-state index in [9.17, 15) is 4.79 Å². The second kappa shape index (κ2) is 9.60. The monoisotopic (exact) mass is 440 g/mol. The molecule has 30 heavy (non-hydrogen) atoms. The molecule has 1 N–H and O–H groups in total. The number of carbonyl (C=O) groups is 1. The summed E-state index contributed by atoms with van der Waals surface area (Å²) in [6.07, 6.45) is 0. The van der Waals surface area contributed by atoms with E-state index in [0.717, 1.165) is 49.0 Å². The van der Waals surface area contributed by atoms with Gasteiger partial charge in [0, 0.05) is 55.5 Å². The molecule has 0 unspecified atom stereocenters. The lowest BCUT2D eigenvalue weighted by Crippen LogP contribution is -2.48. The molecule has 1 aliphatic rings. The Hall–Kier alpha value is -2.41. The fraction of sp³-hybridized carbons (Fsp3) is 0.304. The van der Waals surface area contributed by atoms with Crippen molar-refractivity contribution in [1.29, 1.82) is 0 Å². The molecule has 1 aliphatic heterocycles. The molecule has 4 rings (SSSR count). The van der Waals surface area contributed by atoms with Crippen molar-refractivity contribution in [3.63, 3.8) is 0 Å². The Morgan fingerprint density at radius 2 is 1.87 bits per heavy atom. The van der Waals surface area contributed by atoms with Crippen molar-refractivity contribution in [3.05, 3.63) is 70.2 Å². The van der Waals surface area contributed by atoms with Gasteiger partial charge in [0.2, 0.25) is 0 Å². The topological polar surface area (TPSA) is 48.5 Å². The average molecular weight is 441 g/mol. The maximum atomic E-state index is 12.7. The zero-order valence-corrected chi connectivity index (χ0v) is 18.5. The molecule has 0 spiro atoms. The van der Waals surface area contributed by atoms with Crippen LogP contribution in [0.2, 0.25) is 5.02 Å². The van der Waals surface area contributed by atoms with Gasteiger partial charge in [-0.15, -0.1) is 11.3 Å². The lowest BCUT2D eigenvalue weighted by atomic mass is 10.2. The van der Waals surface area contributed by atoms with Crippen molar-refractivity contribution in [3.8, 4) is 10.6 Å². The SMILES string of the molecule is Cc1nc(-c2cccc(Cl)c2)sc1C(=O)NCCN1CCN(c2ccccc2)CC1. The molecular weight excluding hydrogens is 416 g/mol. The third kappa shape index (κ3) is 5.01. The first-order valence-corrected chi connectivity index (χ1v) is 11.3. The first-order valence-electron chi connectivity index (χ1n) is 10.1. The number of piperazine rings is 1. The van der Waals surface area contributed by atoms with Crippen LogP contribution in [-0.2, 0) is 0 Å². The number of carbonyl (C=O) groups excluding carboxylic acids is 1. The van der Waals surface area contributed by atoms with Crippen LogP contribution in [0.3, 0.4) is 0 Å². The number of nitrogens with one attached hydrogen (secondary N) is 1. The van der Waals surface area contributed by atoms with E-state index in [1.54, 1.807) is 0 Å². The maximum absolute atomic E-state index is 12.7. The third-order valence-corrected chi connectivity index (χ3v) is 6.72. The summed E-state index contributed by atoms with van der Waals surface area (Å²) in [6.45, 7) is 7.39. The molecular formula is C23H25ClN4OS. The predicted octanol–water partition coefficient (Wildman–Crippen LogP) is 4.32. The Morgan fingerprint density at radius 1 is 1.10 bits per heavy atom. The number of aromatic nitrogens is 1. The first-order chi connectivity index (χ1) is 14.6. The Bertz CT molecular complexity index is 999. The van der Waals surface area contributed by atoms with Crippen molar-refractivity contribution < 1.29 is 4.79 Å². The first kappa shape index (κ1) is 20.8. The summed E-state index contributed by atoms with van der Waals surface area (Å²) in [4.78, 5) is 22.7. The molecule has 0 atom stereocenters. The summed E-state index contributed by atoms with van der Waals surface area (Å²) < 4.78 is 0. The van der Waals surface area contributed by atoms with E-state index in [1.165, 1.54) is 17.0 Å². The van der Waals surface area contributed by atoms with Gasteiger partial charge >= 0.3 is 0 Å². The average Bonchev–Trinajstić information content (AvgIpc) is 3.17. The van der Waals surface area contributed by atoms with Gasteiger partial charge < -0.3 is 10.2 Å². The van der Waals surface area contributed by atoms with Crippen molar-refractivity contribution in [2.45, 2.75) is 6.92 Å². The summed E-state index contributed by atoms with van der Waals surface area (Å²) in [5, 5.41) is 4.54. The minimum Gasteiger partial charge on any atom is -0.369 e. The number of hydrogen-bond acceptors (Lipinski definition) is 5. The molecule has 1 amide bonds. The second-order valence-electron chi connectivity index (χ2n) is 7.36. The highest BCUT2D eigenvalue weighted by atomic mass is 35.5. The summed E-state index contributed by atoms with van der Waals surface area (Å²) in [5.41, 5.74) is 2.97. The van der Waals surface area contributed by atoms with Gasteiger partial charge in [-0.2, -0.15) is 0 Å². The number of nitrogens with zero attached hydrogens (tertiary/aromatic N) is 3. The maximum Gasteiger partial charge on any atom is 0.263 e. The molecule has 2 heterocycles. The number of halogens is 1. The molecule has 0 aliphatic carbocycles. The standard InChI is InChI=1S/C23H25ClN4OS/c1-17-21(30-23(26-17)18-6-5-7-19(24)16-18)22(29)25-10-11-27-12-14-28(15-13-27)20-8-3-2-4-9-20/h2-9,16H,10-15H2,1H3,(H,25,29). The molecule has 0 saturated carbocycles. The van der Waals surface area contributed by atoms with E-state index in [2.05, 4.69) is 44.4 Å². The Morgan fingerprint density at radius 3 is 2.60 bits per heavy atom. The second-order valence-corrected chi connectivity index (χ2v) is 8.80. The lowest BCUT2D eigenvalue weighted by molar-refractivity contribution is 0.0951. The predicted molar refractivity (Wildman–Crippen MR) is 125 cm³/mol. The van der Waals surface area contributed by atoms with Crippen molar-refractivity contribution in [1.82, 2.24) is 15.2 Å². The summed E-state index contributed by atoms with van der Waals surface area (Å²) in [5.74, 6) is -0.0544. The van der Waals surface area contributed by atoms with Gasteiger partial charge in [0.1, 0.15) is 9.88 Å². The van der Waals surface area contributed by atoms with Crippen molar-refractivity contribution in [2.75, 3.05) is 44.2 Å². The van der Waals surface area contributed by atoms with Crippen LogP contribution in [0.5, 0.6) is 0 Å². The van der Waals surface area contributed by atoms with Gasteiger partial charge in [-0.1, -0.05) is 41.9 Å². The van der Waals surface area contributed by atoms with Crippen LogP contribution in [0.25, 0.3) is 10.6 Å². The largest absolute Gasteiger partial charge is 0.369 e. The number of para-hydroxylation sites is 1. The Balaban J connectivity index is 1.27. The normalized spacial score (nSPS) is 14.7. The quantitative estimate of drug-likeness (QED) is 0.620. The molecule has 0 bridgehead atoms. The van der Waals surface area contributed by atoms with E-state index >= 15 is 0 Å². The number of thiazole rings is 1. The molecule has 156 valence electrons. The third-order valence-electron chi connectivity index (χ3n) is 5.28. The Kier molecular flexibility index (Phi) is 6.67. The number of amides is 1. The minimum atomic E-state index is -0.0544. The van der Waals surface area contributed by atoms with Crippen LogP contribution >= 0.6 is 22.9 Å². The molecule has 1 saturated heterocycles. The van der Waals surface area contributed by atoms with Crippen LogP contribution in [0.1, 0.15) is 15.4 Å². The number of benzene rings is 2. The van der Waals surface area contributed by atoms with E-state index in [4.69, 9.17) is 11.6 Å². The highest BCUT2D eigenvalue weighted by Gasteiger charge is 2.19. The lowest BCUT2D eigenvalue weighted by Gasteiger charge is -2.36.